The van der Waals surface area contributed by atoms with Gasteiger partial charge in [0.15, 0.2) is 4.33 Å². The smallest absolute Gasteiger partial charge is 0.426 e. The lowest BCUT2D eigenvalue weighted by Crippen LogP contribution is -2.54. The molecule has 1 saturated carbocycles. The van der Waals surface area contributed by atoms with Gasteiger partial charge in [0.05, 0.1) is 21.9 Å². The van der Waals surface area contributed by atoms with Crippen molar-refractivity contribution in [2.45, 2.75) is 40.5 Å². The zero-order valence-electron chi connectivity index (χ0n) is 14.0. The maximum Gasteiger partial charge on any atom is 0.426 e. The number of hydrogen-bond acceptors (Lipinski definition) is 4. The molecule has 2 bridgehead atoms. The molecule has 0 aromatic rings. The van der Waals surface area contributed by atoms with E-state index in [0.717, 1.165) is 0 Å². The molecule has 0 spiro atoms. The molecule has 1 fully saturated rings. The fourth-order valence-electron chi connectivity index (χ4n) is 3.12. The highest BCUT2D eigenvalue weighted by Gasteiger charge is 2.85. The summed E-state index contributed by atoms with van der Waals surface area (Å²) in [6, 6.07) is 0. The Labute approximate surface area is 184 Å². The second-order valence-corrected chi connectivity index (χ2v) is 10.3. The molecular formula is C14H14Cl6N2O5. The maximum atomic E-state index is 12.7. The molecule has 13 heteroatoms. The van der Waals surface area contributed by atoms with Gasteiger partial charge in [0.2, 0.25) is 5.91 Å². The Morgan fingerprint density at radius 3 is 1.81 bits per heavy atom. The molecule has 7 nitrogen and oxygen atoms in total. The first-order valence-electron chi connectivity index (χ1n) is 7.37. The topological polar surface area (TPSA) is 105 Å². The molecule has 2 rings (SSSR count). The number of carboxylic acids is 1. The van der Waals surface area contributed by atoms with Gasteiger partial charge in [0.25, 0.3) is 0 Å². The average molecular weight is 503 g/mol. The largest absolute Gasteiger partial charge is 0.481 e. The molecule has 0 aromatic carbocycles. The van der Waals surface area contributed by atoms with E-state index in [2.05, 4.69) is 0 Å². The zero-order chi connectivity index (χ0) is 21.2. The molecule has 4 atom stereocenters. The van der Waals surface area contributed by atoms with E-state index >= 15 is 0 Å². The van der Waals surface area contributed by atoms with Crippen molar-refractivity contribution in [2.24, 2.45) is 11.8 Å². The number of hydrazine groups is 1. The van der Waals surface area contributed by atoms with E-state index in [1.54, 1.807) is 20.8 Å². The number of nitrogens with one attached hydrogen (secondary N) is 2. The number of allylic oxidation sites excluding steroid dienone is 2. The van der Waals surface area contributed by atoms with Crippen molar-refractivity contribution in [1.29, 1.82) is 0 Å². The number of amides is 2. The van der Waals surface area contributed by atoms with Gasteiger partial charge in [0, 0.05) is 0 Å². The van der Waals surface area contributed by atoms with Gasteiger partial charge in [-0.3, -0.25) is 15.0 Å². The summed E-state index contributed by atoms with van der Waals surface area (Å²) in [6.45, 7) is 4.83. The Morgan fingerprint density at radius 2 is 1.41 bits per heavy atom. The predicted octanol–water partition coefficient (Wildman–Crippen LogP) is 3.70. The molecular weight excluding hydrogens is 489 g/mol. The van der Waals surface area contributed by atoms with Gasteiger partial charge < -0.3 is 9.84 Å². The number of carbonyl (C=O) groups is 3. The van der Waals surface area contributed by atoms with Crippen LogP contribution in [0.25, 0.3) is 0 Å². The summed E-state index contributed by atoms with van der Waals surface area (Å²) in [5.74, 6) is -5.96. The third-order valence-corrected chi connectivity index (χ3v) is 8.43. The van der Waals surface area contributed by atoms with Crippen LogP contribution in [0.15, 0.2) is 10.1 Å². The molecule has 0 heterocycles. The Bertz CT molecular complexity index is 751. The number of halogens is 6. The first-order valence-corrected chi connectivity index (χ1v) is 9.63. The van der Waals surface area contributed by atoms with E-state index in [4.69, 9.17) is 74.3 Å². The minimum Gasteiger partial charge on any atom is -0.481 e. The Hall–Kier alpha value is -0.310. The average Bonchev–Trinajstić information content (AvgIpc) is 2.70. The summed E-state index contributed by atoms with van der Waals surface area (Å²) in [5.41, 5.74) is 3.17. The van der Waals surface area contributed by atoms with Crippen molar-refractivity contribution in [2.75, 3.05) is 0 Å². The highest BCUT2D eigenvalue weighted by atomic mass is 35.5. The summed E-state index contributed by atoms with van der Waals surface area (Å²) in [6.07, 6.45) is -0.988. The number of carboxylic acid groups (broad SMARTS) is 1. The summed E-state index contributed by atoms with van der Waals surface area (Å²) >= 11 is 37.5. The van der Waals surface area contributed by atoms with Gasteiger partial charge in [-0.1, -0.05) is 46.4 Å². The van der Waals surface area contributed by atoms with Crippen molar-refractivity contribution < 1.29 is 24.2 Å². The van der Waals surface area contributed by atoms with Gasteiger partial charge in [0.1, 0.15) is 15.3 Å². The summed E-state index contributed by atoms with van der Waals surface area (Å²) in [5, 5.41) is 8.92. The summed E-state index contributed by atoms with van der Waals surface area (Å²) in [7, 11) is 0. The second kappa shape index (κ2) is 6.89. The van der Waals surface area contributed by atoms with Crippen LogP contribution in [0.3, 0.4) is 0 Å². The van der Waals surface area contributed by atoms with Gasteiger partial charge in [-0.2, -0.15) is 0 Å². The number of rotatable bonds is 2. The van der Waals surface area contributed by atoms with Crippen LogP contribution in [0.1, 0.15) is 20.8 Å². The molecule has 0 saturated heterocycles. The van der Waals surface area contributed by atoms with Gasteiger partial charge in [-0.05, 0) is 20.8 Å². The number of aliphatic carboxylic acids is 1. The summed E-state index contributed by atoms with van der Waals surface area (Å²) in [4.78, 5) is 31.9. The molecule has 0 radical (unpaired) electrons. The lowest BCUT2D eigenvalue weighted by Gasteiger charge is -2.33. The Balaban J connectivity index is 2.37. The molecule has 2 aliphatic carbocycles. The van der Waals surface area contributed by atoms with Crippen molar-refractivity contribution in [3.63, 3.8) is 0 Å². The Kier molecular flexibility index (Phi) is 5.86. The Morgan fingerprint density at radius 1 is 0.963 bits per heavy atom. The van der Waals surface area contributed by atoms with Gasteiger partial charge in [-0.25, -0.2) is 10.2 Å². The third kappa shape index (κ3) is 3.15. The predicted molar refractivity (Wildman–Crippen MR) is 102 cm³/mol. The van der Waals surface area contributed by atoms with Crippen molar-refractivity contribution >= 4 is 87.6 Å². The van der Waals surface area contributed by atoms with Crippen LogP contribution < -0.4 is 10.9 Å². The number of fused-ring (bicyclic) bond motifs is 2. The van der Waals surface area contributed by atoms with Gasteiger partial charge >= 0.3 is 12.1 Å². The number of carbonyl (C=O) groups excluding carboxylic acids is 2. The fourth-order valence-corrected chi connectivity index (χ4v) is 6.06. The van der Waals surface area contributed by atoms with Crippen molar-refractivity contribution in [3.05, 3.63) is 10.1 Å². The first kappa shape index (κ1) is 23.0. The number of alkyl halides is 4. The number of ether oxygens (including phenoxy) is 1. The van der Waals surface area contributed by atoms with Crippen LogP contribution in [0.2, 0.25) is 0 Å². The quantitative estimate of drug-likeness (QED) is 0.394. The molecule has 2 amide bonds. The summed E-state index contributed by atoms with van der Waals surface area (Å²) < 4.78 is 2.73. The minimum atomic E-state index is -2.23. The normalized spacial score (nSPS) is 34.4. The first-order chi connectivity index (χ1) is 12.0. The lowest BCUT2D eigenvalue weighted by atomic mass is 9.81. The fraction of sp³-hybridized carbons (Fsp3) is 0.643. The van der Waals surface area contributed by atoms with E-state index in [9.17, 15) is 19.5 Å². The van der Waals surface area contributed by atoms with Crippen LogP contribution in [0.4, 0.5) is 4.79 Å². The van der Waals surface area contributed by atoms with E-state index in [1.165, 1.54) is 0 Å². The minimum absolute atomic E-state index is 0.347. The van der Waals surface area contributed by atoms with Gasteiger partial charge in [-0.15, -0.1) is 23.2 Å². The molecule has 2 aliphatic rings. The van der Waals surface area contributed by atoms with Crippen LogP contribution in [0, 0.1) is 11.8 Å². The van der Waals surface area contributed by atoms with E-state index < -0.39 is 49.5 Å². The lowest BCUT2D eigenvalue weighted by molar-refractivity contribution is -0.147. The van der Waals surface area contributed by atoms with E-state index in [1.807, 2.05) is 10.9 Å². The van der Waals surface area contributed by atoms with Crippen LogP contribution in [-0.2, 0) is 14.3 Å². The maximum absolute atomic E-state index is 12.7. The van der Waals surface area contributed by atoms with Crippen LogP contribution in [-0.4, -0.2) is 42.8 Å². The third-order valence-electron chi connectivity index (χ3n) is 4.17. The molecule has 3 N–H and O–H groups in total. The molecule has 4 unspecified atom stereocenters. The van der Waals surface area contributed by atoms with Crippen LogP contribution >= 0.6 is 69.6 Å². The van der Waals surface area contributed by atoms with Crippen molar-refractivity contribution in [3.8, 4) is 0 Å². The standard InChI is InChI=1S/C14H14Cl6N2O5/c1-11(2,3)27-10(26)22-21-8(23)4-5(9(24)25)13(18)7(16)6(15)12(4,17)14(13,19)20/h4-5H,1-3H3,(H,21,23)(H,22,26)(H,24,25). The highest BCUT2D eigenvalue weighted by molar-refractivity contribution is 6.66. The molecule has 0 aliphatic heterocycles. The highest BCUT2D eigenvalue weighted by Crippen LogP contribution is 2.76. The SMILES string of the molecule is CC(C)(C)OC(=O)NNC(=O)C1C(C(=O)O)C2(Cl)C(Cl)=C(Cl)C1(Cl)C2(Cl)Cl. The molecule has 152 valence electrons. The second-order valence-electron chi connectivity index (χ2n) is 7.04. The zero-order valence-corrected chi connectivity index (χ0v) is 18.5. The van der Waals surface area contributed by atoms with E-state index in [0.29, 0.717) is 0 Å². The monoisotopic (exact) mass is 500 g/mol. The van der Waals surface area contributed by atoms with E-state index in [-0.39, 0.29) is 10.1 Å². The molecule has 27 heavy (non-hydrogen) atoms. The van der Waals surface area contributed by atoms with Crippen molar-refractivity contribution in [1.82, 2.24) is 10.9 Å². The van der Waals surface area contributed by atoms with Crippen LogP contribution in [0.5, 0.6) is 0 Å². The molecule has 0 aromatic heterocycles. The number of hydrogen-bond donors (Lipinski definition) is 3.